The van der Waals surface area contributed by atoms with Gasteiger partial charge in [-0.25, -0.2) is 4.68 Å². The number of carbonyl (C=O) groups excluding carboxylic acids is 1. The Morgan fingerprint density at radius 1 is 1.56 bits per heavy atom. The molecule has 2 heterocycles. The van der Waals surface area contributed by atoms with Gasteiger partial charge in [0, 0.05) is 32.2 Å². The van der Waals surface area contributed by atoms with Gasteiger partial charge in [0.2, 0.25) is 0 Å². The Morgan fingerprint density at radius 2 is 2.31 bits per heavy atom. The summed E-state index contributed by atoms with van der Waals surface area (Å²) in [6.45, 7) is 6.44. The monoisotopic (exact) mass is 223 g/mol. The molecule has 6 heteroatoms. The van der Waals surface area contributed by atoms with Crippen LogP contribution in [0.3, 0.4) is 0 Å². The first-order chi connectivity index (χ1) is 7.49. The van der Waals surface area contributed by atoms with Gasteiger partial charge in [-0.2, -0.15) is 0 Å². The van der Waals surface area contributed by atoms with Gasteiger partial charge in [-0.15, -0.1) is 5.10 Å². The summed E-state index contributed by atoms with van der Waals surface area (Å²) in [7, 11) is 1.73. The van der Waals surface area contributed by atoms with Crippen molar-refractivity contribution >= 4 is 5.91 Å². The number of rotatable bonds is 1. The molecule has 1 N–H and O–H groups in total. The number of amides is 1. The lowest BCUT2D eigenvalue weighted by Crippen LogP contribution is -2.58. The lowest BCUT2D eigenvalue weighted by Gasteiger charge is -2.38. The van der Waals surface area contributed by atoms with Gasteiger partial charge in [0.1, 0.15) is 5.69 Å². The van der Waals surface area contributed by atoms with Gasteiger partial charge < -0.3 is 10.2 Å². The molecule has 0 unspecified atom stereocenters. The predicted molar refractivity (Wildman–Crippen MR) is 59.0 cm³/mol. The Hall–Kier alpha value is -1.43. The lowest BCUT2D eigenvalue weighted by atomic mass is 10.0. The Bertz CT molecular complexity index is 398. The fraction of sp³-hybridized carbons (Fsp3) is 0.700. The molecule has 2 rings (SSSR count). The standard InChI is InChI=1S/C10H17N5O/c1-10(2)7-15(5-4-11-10)9(16)8-6-12-13-14(8)3/h6,11H,4-5,7H2,1-3H3. The van der Waals surface area contributed by atoms with E-state index < -0.39 is 0 Å². The van der Waals surface area contributed by atoms with Gasteiger partial charge in [-0.1, -0.05) is 5.21 Å². The number of aryl methyl sites for hydroxylation is 1. The molecule has 0 atom stereocenters. The first-order valence-electron chi connectivity index (χ1n) is 5.38. The highest BCUT2D eigenvalue weighted by Crippen LogP contribution is 2.12. The van der Waals surface area contributed by atoms with Crippen LogP contribution in [0, 0.1) is 0 Å². The summed E-state index contributed by atoms with van der Waals surface area (Å²) in [6, 6.07) is 0. The van der Waals surface area contributed by atoms with Crippen LogP contribution in [-0.2, 0) is 7.05 Å². The fourth-order valence-corrected chi connectivity index (χ4v) is 1.96. The van der Waals surface area contributed by atoms with Crippen LogP contribution < -0.4 is 5.32 Å². The molecule has 1 amide bonds. The number of hydrogen-bond donors (Lipinski definition) is 1. The topological polar surface area (TPSA) is 63.1 Å². The van der Waals surface area contributed by atoms with Gasteiger partial charge in [-0.3, -0.25) is 4.79 Å². The minimum Gasteiger partial charge on any atom is -0.334 e. The van der Waals surface area contributed by atoms with E-state index in [1.807, 2.05) is 4.90 Å². The molecule has 1 saturated heterocycles. The summed E-state index contributed by atoms with van der Waals surface area (Å²) < 4.78 is 1.51. The average molecular weight is 223 g/mol. The van der Waals surface area contributed by atoms with Crippen LogP contribution in [0.2, 0.25) is 0 Å². The molecular weight excluding hydrogens is 206 g/mol. The summed E-state index contributed by atoms with van der Waals surface area (Å²) in [5.41, 5.74) is 0.512. The maximum atomic E-state index is 12.2. The highest BCUT2D eigenvalue weighted by molar-refractivity contribution is 5.92. The first kappa shape index (κ1) is 11.1. The summed E-state index contributed by atoms with van der Waals surface area (Å²) in [6.07, 6.45) is 1.51. The van der Waals surface area contributed by atoms with E-state index in [0.29, 0.717) is 12.2 Å². The normalized spacial score (nSPS) is 19.8. The summed E-state index contributed by atoms with van der Waals surface area (Å²) >= 11 is 0. The molecule has 6 nitrogen and oxygen atoms in total. The summed E-state index contributed by atoms with van der Waals surface area (Å²) in [5.74, 6) is 0.00192. The van der Waals surface area contributed by atoms with Crippen LogP contribution in [-0.4, -0.2) is 51.0 Å². The Kier molecular flexibility index (Phi) is 2.67. The second-order valence-corrected chi connectivity index (χ2v) is 4.78. The predicted octanol–water partition coefficient (Wildman–Crippen LogP) is -0.361. The number of aromatic nitrogens is 3. The zero-order valence-electron chi connectivity index (χ0n) is 9.90. The minimum atomic E-state index is -0.0278. The molecule has 0 radical (unpaired) electrons. The Balaban J connectivity index is 2.14. The lowest BCUT2D eigenvalue weighted by molar-refractivity contribution is 0.0641. The van der Waals surface area contributed by atoms with Crippen molar-refractivity contribution in [3.63, 3.8) is 0 Å². The molecule has 16 heavy (non-hydrogen) atoms. The molecule has 0 spiro atoms. The molecule has 1 fully saturated rings. The van der Waals surface area contributed by atoms with Crippen LogP contribution >= 0.6 is 0 Å². The van der Waals surface area contributed by atoms with Crippen molar-refractivity contribution in [2.45, 2.75) is 19.4 Å². The van der Waals surface area contributed by atoms with Crippen LogP contribution in [0.25, 0.3) is 0 Å². The number of hydrogen-bond acceptors (Lipinski definition) is 4. The van der Waals surface area contributed by atoms with Crippen molar-refractivity contribution in [2.24, 2.45) is 7.05 Å². The minimum absolute atomic E-state index is 0.00192. The molecule has 0 bridgehead atoms. The number of nitrogens with one attached hydrogen (secondary N) is 1. The fourth-order valence-electron chi connectivity index (χ4n) is 1.96. The first-order valence-corrected chi connectivity index (χ1v) is 5.38. The largest absolute Gasteiger partial charge is 0.334 e. The smallest absolute Gasteiger partial charge is 0.273 e. The highest BCUT2D eigenvalue weighted by Gasteiger charge is 2.30. The molecule has 1 aliphatic rings. The van der Waals surface area contributed by atoms with Crippen molar-refractivity contribution in [2.75, 3.05) is 19.6 Å². The van der Waals surface area contributed by atoms with Crippen molar-refractivity contribution < 1.29 is 4.79 Å². The average Bonchev–Trinajstić information content (AvgIpc) is 2.62. The molecule has 0 saturated carbocycles. The molecule has 1 aromatic rings. The SMILES string of the molecule is Cn1nncc1C(=O)N1CCNC(C)(C)C1. The Morgan fingerprint density at radius 3 is 2.88 bits per heavy atom. The number of carbonyl (C=O) groups is 1. The molecular formula is C10H17N5O. The van der Waals surface area contributed by atoms with E-state index in [-0.39, 0.29) is 11.4 Å². The third-order valence-electron chi connectivity index (χ3n) is 2.79. The third-order valence-corrected chi connectivity index (χ3v) is 2.79. The van der Waals surface area contributed by atoms with Gasteiger partial charge in [-0.05, 0) is 13.8 Å². The maximum absolute atomic E-state index is 12.2. The van der Waals surface area contributed by atoms with Gasteiger partial charge >= 0.3 is 0 Å². The van der Waals surface area contributed by atoms with E-state index >= 15 is 0 Å². The van der Waals surface area contributed by atoms with E-state index in [2.05, 4.69) is 29.5 Å². The van der Waals surface area contributed by atoms with E-state index in [9.17, 15) is 4.79 Å². The second-order valence-electron chi connectivity index (χ2n) is 4.78. The molecule has 88 valence electrons. The van der Waals surface area contributed by atoms with E-state index in [0.717, 1.165) is 13.1 Å². The van der Waals surface area contributed by atoms with Crippen molar-refractivity contribution in [1.82, 2.24) is 25.2 Å². The maximum Gasteiger partial charge on any atom is 0.273 e. The van der Waals surface area contributed by atoms with Gasteiger partial charge in [0.05, 0.1) is 6.20 Å². The summed E-state index contributed by atoms with van der Waals surface area (Å²) in [4.78, 5) is 14.0. The van der Waals surface area contributed by atoms with E-state index in [4.69, 9.17) is 0 Å². The van der Waals surface area contributed by atoms with Gasteiger partial charge in [0.25, 0.3) is 5.91 Å². The van der Waals surface area contributed by atoms with E-state index in [1.165, 1.54) is 10.9 Å². The quantitative estimate of drug-likeness (QED) is 0.706. The molecule has 1 aliphatic heterocycles. The Labute approximate surface area is 94.6 Å². The van der Waals surface area contributed by atoms with Crippen LogP contribution in [0.4, 0.5) is 0 Å². The van der Waals surface area contributed by atoms with Gasteiger partial charge in [0.15, 0.2) is 0 Å². The van der Waals surface area contributed by atoms with Crippen molar-refractivity contribution in [1.29, 1.82) is 0 Å². The van der Waals surface area contributed by atoms with E-state index in [1.54, 1.807) is 7.05 Å². The molecule has 0 aromatic carbocycles. The third kappa shape index (κ3) is 2.06. The number of nitrogens with zero attached hydrogens (tertiary/aromatic N) is 4. The molecule has 1 aromatic heterocycles. The van der Waals surface area contributed by atoms with Crippen LogP contribution in [0.15, 0.2) is 6.20 Å². The highest BCUT2D eigenvalue weighted by atomic mass is 16.2. The van der Waals surface area contributed by atoms with Crippen LogP contribution in [0.1, 0.15) is 24.3 Å². The molecule has 0 aliphatic carbocycles. The van der Waals surface area contributed by atoms with Crippen molar-refractivity contribution in [3.05, 3.63) is 11.9 Å². The zero-order valence-corrected chi connectivity index (χ0v) is 9.90. The second kappa shape index (κ2) is 3.86. The zero-order chi connectivity index (χ0) is 11.8. The van der Waals surface area contributed by atoms with Crippen molar-refractivity contribution in [3.8, 4) is 0 Å². The summed E-state index contributed by atoms with van der Waals surface area (Å²) in [5, 5.41) is 10.9. The number of piperazine rings is 1. The van der Waals surface area contributed by atoms with Crippen LogP contribution in [0.5, 0.6) is 0 Å².